The molecule has 0 aromatic carbocycles. The zero-order valence-corrected chi connectivity index (χ0v) is 15.7. The van der Waals surface area contributed by atoms with Crippen molar-refractivity contribution in [3.63, 3.8) is 0 Å². The van der Waals surface area contributed by atoms with Crippen LogP contribution < -0.4 is 5.32 Å². The summed E-state index contributed by atoms with van der Waals surface area (Å²) < 4.78 is 0. The molecule has 1 unspecified atom stereocenters. The molecule has 25 heavy (non-hydrogen) atoms. The molecule has 7 heteroatoms. The molecule has 1 atom stereocenters. The molecule has 3 rings (SSSR count). The van der Waals surface area contributed by atoms with E-state index in [4.69, 9.17) is 0 Å². The van der Waals surface area contributed by atoms with Crippen LogP contribution in [-0.4, -0.2) is 109 Å². The number of carbonyl (C=O) groups excluding carboxylic acids is 2. The molecule has 1 aliphatic carbocycles. The Morgan fingerprint density at radius 2 is 1.56 bits per heavy atom. The van der Waals surface area contributed by atoms with Crippen molar-refractivity contribution < 1.29 is 9.59 Å². The molecule has 2 aliphatic heterocycles. The van der Waals surface area contributed by atoms with E-state index in [-0.39, 0.29) is 17.9 Å². The maximum atomic E-state index is 12.8. The van der Waals surface area contributed by atoms with Crippen molar-refractivity contribution in [3.05, 3.63) is 0 Å². The SMILES string of the molecule is CCN1CCN(C(=O)C(C)N2CCN(CC(=O)NC3CC3)CC2)CC1. The van der Waals surface area contributed by atoms with Gasteiger partial charge in [-0.25, -0.2) is 0 Å². The fourth-order valence-electron chi connectivity index (χ4n) is 3.72. The summed E-state index contributed by atoms with van der Waals surface area (Å²) in [7, 11) is 0. The smallest absolute Gasteiger partial charge is 0.239 e. The summed E-state index contributed by atoms with van der Waals surface area (Å²) in [6, 6.07) is 0.371. The number of likely N-dealkylation sites (N-methyl/N-ethyl adjacent to an activating group) is 1. The number of hydrogen-bond acceptors (Lipinski definition) is 5. The third kappa shape index (κ3) is 5.15. The van der Waals surface area contributed by atoms with Crippen molar-refractivity contribution in [1.82, 2.24) is 24.9 Å². The van der Waals surface area contributed by atoms with Crippen molar-refractivity contribution in [2.24, 2.45) is 0 Å². The lowest BCUT2D eigenvalue weighted by molar-refractivity contribution is -0.139. The third-order valence-electron chi connectivity index (χ3n) is 5.75. The number of rotatable bonds is 6. The van der Waals surface area contributed by atoms with Gasteiger partial charge >= 0.3 is 0 Å². The van der Waals surface area contributed by atoms with Crippen LogP contribution in [0.25, 0.3) is 0 Å². The summed E-state index contributed by atoms with van der Waals surface area (Å²) in [5, 5.41) is 3.05. The summed E-state index contributed by atoms with van der Waals surface area (Å²) >= 11 is 0. The quantitative estimate of drug-likeness (QED) is 0.695. The van der Waals surface area contributed by atoms with E-state index >= 15 is 0 Å². The van der Waals surface area contributed by atoms with Gasteiger partial charge in [0.05, 0.1) is 12.6 Å². The average Bonchev–Trinajstić information content (AvgIpc) is 3.45. The lowest BCUT2D eigenvalue weighted by Gasteiger charge is -2.40. The normalized spacial score (nSPS) is 25.0. The highest BCUT2D eigenvalue weighted by molar-refractivity contribution is 5.81. The van der Waals surface area contributed by atoms with Gasteiger partial charge in [-0.05, 0) is 26.3 Å². The molecule has 2 saturated heterocycles. The number of amides is 2. The van der Waals surface area contributed by atoms with Crippen LogP contribution in [0.4, 0.5) is 0 Å². The fourth-order valence-corrected chi connectivity index (χ4v) is 3.72. The van der Waals surface area contributed by atoms with Crippen molar-refractivity contribution in [2.45, 2.75) is 38.8 Å². The summed E-state index contributed by atoms with van der Waals surface area (Å²) in [5.41, 5.74) is 0. The van der Waals surface area contributed by atoms with Crippen molar-refractivity contribution >= 4 is 11.8 Å². The molecule has 7 nitrogen and oxygen atoms in total. The minimum absolute atomic E-state index is 0.0596. The van der Waals surface area contributed by atoms with E-state index in [1.54, 1.807) is 0 Å². The van der Waals surface area contributed by atoms with Gasteiger partial charge in [0.2, 0.25) is 11.8 Å². The zero-order chi connectivity index (χ0) is 17.8. The number of nitrogens with zero attached hydrogens (tertiary/aromatic N) is 4. The second-order valence-electron chi connectivity index (χ2n) is 7.59. The Kier molecular flexibility index (Phi) is 6.30. The molecule has 0 radical (unpaired) electrons. The molecule has 3 aliphatic rings. The number of piperazine rings is 2. The van der Waals surface area contributed by atoms with E-state index < -0.39 is 0 Å². The minimum Gasteiger partial charge on any atom is -0.352 e. The first-order valence-electron chi connectivity index (χ1n) is 9.83. The maximum absolute atomic E-state index is 12.8. The second-order valence-corrected chi connectivity index (χ2v) is 7.59. The van der Waals surface area contributed by atoms with Crippen molar-refractivity contribution in [2.75, 3.05) is 65.4 Å². The Labute approximate surface area is 151 Å². The van der Waals surface area contributed by atoms with Crippen LogP contribution in [0.3, 0.4) is 0 Å². The van der Waals surface area contributed by atoms with Gasteiger partial charge in [0, 0.05) is 58.4 Å². The average molecular weight is 351 g/mol. The summed E-state index contributed by atoms with van der Waals surface area (Å²) in [6.07, 6.45) is 2.26. The number of hydrogen-bond donors (Lipinski definition) is 1. The van der Waals surface area contributed by atoms with Gasteiger partial charge in [-0.15, -0.1) is 0 Å². The monoisotopic (exact) mass is 351 g/mol. The Hall–Kier alpha value is -1.18. The molecular weight excluding hydrogens is 318 g/mol. The van der Waals surface area contributed by atoms with Crippen LogP contribution >= 0.6 is 0 Å². The summed E-state index contributed by atoms with van der Waals surface area (Å²) in [6.45, 7) is 12.9. The Morgan fingerprint density at radius 1 is 0.960 bits per heavy atom. The van der Waals surface area contributed by atoms with E-state index in [0.717, 1.165) is 71.7 Å². The highest BCUT2D eigenvalue weighted by atomic mass is 16.2. The Bertz CT molecular complexity index is 466. The molecular formula is C18H33N5O2. The maximum Gasteiger partial charge on any atom is 0.239 e. The first-order chi connectivity index (χ1) is 12.1. The van der Waals surface area contributed by atoms with Gasteiger partial charge in [0.25, 0.3) is 0 Å². The van der Waals surface area contributed by atoms with Gasteiger partial charge < -0.3 is 15.1 Å². The predicted octanol–water partition coefficient (Wildman–Crippen LogP) is -0.565. The van der Waals surface area contributed by atoms with Gasteiger partial charge in [-0.3, -0.25) is 19.4 Å². The molecule has 2 amide bonds. The highest BCUT2D eigenvalue weighted by Crippen LogP contribution is 2.18. The van der Waals surface area contributed by atoms with E-state index in [1.165, 1.54) is 0 Å². The highest BCUT2D eigenvalue weighted by Gasteiger charge is 2.31. The molecule has 0 aromatic heterocycles. The second kappa shape index (κ2) is 8.47. The lowest BCUT2D eigenvalue weighted by Crippen LogP contribution is -2.58. The first kappa shape index (κ1) is 18.6. The molecule has 3 fully saturated rings. The van der Waals surface area contributed by atoms with Gasteiger partial charge in [-0.1, -0.05) is 6.92 Å². The molecule has 0 bridgehead atoms. The van der Waals surface area contributed by atoms with Crippen LogP contribution in [0.2, 0.25) is 0 Å². The summed E-state index contributed by atoms with van der Waals surface area (Å²) in [4.78, 5) is 33.6. The standard InChI is InChI=1S/C18H33N5O2/c1-3-20-6-12-23(13-7-20)18(25)15(2)22-10-8-21(9-11-22)14-17(24)19-16-4-5-16/h15-16H,3-14H2,1-2H3,(H,19,24). The Morgan fingerprint density at radius 3 is 2.12 bits per heavy atom. The number of nitrogens with one attached hydrogen (secondary N) is 1. The van der Waals surface area contributed by atoms with Crippen LogP contribution in [0, 0.1) is 0 Å². The van der Waals surface area contributed by atoms with Crippen LogP contribution in [0.15, 0.2) is 0 Å². The topological polar surface area (TPSA) is 59.1 Å². The zero-order valence-electron chi connectivity index (χ0n) is 15.7. The molecule has 142 valence electrons. The van der Waals surface area contributed by atoms with Gasteiger partial charge in [-0.2, -0.15) is 0 Å². The molecule has 0 aromatic rings. The van der Waals surface area contributed by atoms with Crippen LogP contribution in [0.5, 0.6) is 0 Å². The molecule has 1 N–H and O–H groups in total. The first-order valence-corrected chi connectivity index (χ1v) is 9.83. The largest absolute Gasteiger partial charge is 0.352 e. The number of carbonyl (C=O) groups is 2. The van der Waals surface area contributed by atoms with Crippen LogP contribution in [0.1, 0.15) is 26.7 Å². The van der Waals surface area contributed by atoms with E-state index in [1.807, 2.05) is 11.8 Å². The van der Waals surface area contributed by atoms with Crippen molar-refractivity contribution in [3.8, 4) is 0 Å². The minimum atomic E-state index is -0.0596. The Balaban J connectivity index is 1.39. The van der Waals surface area contributed by atoms with E-state index in [2.05, 4.69) is 26.9 Å². The molecule has 1 saturated carbocycles. The molecule has 2 heterocycles. The van der Waals surface area contributed by atoms with Crippen molar-refractivity contribution in [1.29, 1.82) is 0 Å². The van der Waals surface area contributed by atoms with E-state index in [0.29, 0.717) is 12.6 Å². The van der Waals surface area contributed by atoms with Crippen LogP contribution in [-0.2, 0) is 9.59 Å². The van der Waals surface area contributed by atoms with Gasteiger partial charge in [0.1, 0.15) is 0 Å². The fraction of sp³-hybridized carbons (Fsp3) is 0.889. The van der Waals surface area contributed by atoms with Gasteiger partial charge in [0.15, 0.2) is 0 Å². The summed E-state index contributed by atoms with van der Waals surface area (Å²) in [5.74, 6) is 0.407. The van der Waals surface area contributed by atoms with E-state index in [9.17, 15) is 9.59 Å². The third-order valence-corrected chi connectivity index (χ3v) is 5.75. The molecule has 0 spiro atoms. The predicted molar refractivity (Wildman–Crippen MR) is 97.3 cm³/mol. The lowest BCUT2D eigenvalue weighted by atomic mass is 10.2.